The van der Waals surface area contributed by atoms with Crippen molar-refractivity contribution in [2.45, 2.75) is 39.2 Å². The molecular formula is C10H19N. The van der Waals surface area contributed by atoms with Crippen LogP contribution in [0.5, 0.6) is 0 Å². The second-order valence-electron chi connectivity index (χ2n) is 4.73. The molecule has 11 heavy (non-hydrogen) atoms. The molecule has 0 aromatic heterocycles. The van der Waals surface area contributed by atoms with Crippen molar-refractivity contribution in [1.29, 1.82) is 0 Å². The van der Waals surface area contributed by atoms with Gasteiger partial charge in [-0.25, -0.2) is 0 Å². The van der Waals surface area contributed by atoms with E-state index in [1.54, 1.807) is 0 Å². The standard InChI is InChI=1S/C10H19N/c1-6(2)9-7-3-4-8(5-7)10(9)11/h6-10H,3-5,11H2,1-2H3/t7-,8+,9+,10+/m1/s1. The van der Waals surface area contributed by atoms with Crippen LogP contribution >= 0.6 is 0 Å². The summed E-state index contributed by atoms with van der Waals surface area (Å²) in [5.41, 5.74) is 6.17. The fourth-order valence-corrected chi connectivity index (χ4v) is 3.37. The van der Waals surface area contributed by atoms with Gasteiger partial charge in [-0.2, -0.15) is 0 Å². The fraction of sp³-hybridized carbons (Fsp3) is 1.00. The van der Waals surface area contributed by atoms with Crippen molar-refractivity contribution >= 4 is 0 Å². The van der Waals surface area contributed by atoms with Crippen LogP contribution in [-0.2, 0) is 0 Å². The Morgan fingerprint density at radius 1 is 1.18 bits per heavy atom. The van der Waals surface area contributed by atoms with Crippen LogP contribution in [0, 0.1) is 23.7 Å². The summed E-state index contributed by atoms with van der Waals surface area (Å²) in [6.45, 7) is 4.65. The zero-order valence-electron chi connectivity index (χ0n) is 7.59. The molecule has 2 aliphatic carbocycles. The molecule has 2 aliphatic rings. The van der Waals surface area contributed by atoms with Gasteiger partial charge in [0.05, 0.1) is 0 Å². The average Bonchev–Trinajstić information content (AvgIpc) is 2.44. The third-order valence-electron chi connectivity index (χ3n) is 3.82. The smallest absolute Gasteiger partial charge is 0.0101 e. The minimum Gasteiger partial charge on any atom is -0.327 e. The molecule has 0 aliphatic heterocycles. The number of fused-ring (bicyclic) bond motifs is 2. The largest absolute Gasteiger partial charge is 0.327 e. The Bertz CT molecular complexity index is 151. The van der Waals surface area contributed by atoms with E-state index < -0.39 is 0 Å². The van der Waals surface area contributed by atoms with Crippen LogP contribution in [0.1, 0.15) is 33.1 Å². The molecule has 2 saturated carbocycles. The molecule has 1 nitrogen and oxygen atoms in total. The summed E-state index contributed by atoms with van der Waals surface area (Å²) in [5.74, 6) is 3.51. The second-order valence-corrected chi connectivity index (χ2v) is 4.73. The first-order chi connectivity index (χ1) is 5.20. The predicted octanol–water partition coefficient (Wildman–Crippen LogP) is 2.02. The van der Waals surface area contributed by atoms with E-state index in [0.29, 0.717) is 6.04 Å². The molecule has 2 bridgehead atoms. The first-order valence-corrected chi connectivity index (χ1v) is 4.95. The van der Waals surface area contributed by atoms with Crippen molar-refractivity contribution in [3.05, 3.63) is 0 Å². The molecule has 2 N–H and O–H groups in total. The van der Waals surface area contributed by atoms with E-state index in [1.165, 1.54) is 19.3 Å². The van der Waals surface area contributed by atoms with Gasteiger partial charge in [-0.15, -0.1) is 0 Å². The molecule has 0 spiro atoms. The van der Waals surface area contributed by atoms with E-state index in [2.05, 4.69) is 13.8 Å². The molecular weight excluding hydrogens is 134 g/mol. The highest BCUT2D eigenvalue weighted by atomic mass is 14.7. The molecule has 1 heteroatoms. The molecule has 0 heterocycles. The minimum atomic E-state index is 0.536. The lowest BCUT2D eigenvalue weighted by molar-refractivity contribution is 0.222. The van der Waals surface area contributed by atoms with Crippen molar-refractivity contribution < 1.29 is 0 Å². The lowest BCUT2D eigenvalue weighted by Gasteiger charge is -2.31. The Morgan fingerprint density at radius 3 is 2.18 bits per heavy atom. The lowest BCUT2D eigenvalue weighted by Crippen LogP contribution is -2.38. The van der Waals surface area contributed by atoms with Crippen molar-refractivity contribution in [2.24, 2.45) is 29.4 Å². The van der Waals surface area contributed by atoms with Gasteiger partial charge >= 0.3 is 0 Å². The van der Waals surface area contributed by atoms with E-state index in [0.717, 1.165) is 23.7 Å². The maximum Gasteiger partial charge on any atom is 0.0101 e. The molecule has 0 aromatic rings. The zero-order chi connectivity index (χ0) is 8.01. The summed E-state index contributed by atoms with van der Waals surface area (Å²) in [5, 5.41) is 0. The van der Waals surface area contributed by atoms with Crippen LogP contribution in [0.3, 0.4) is 0 Å². The van der Waals surface area contributed by atoms with Gasteiger partial charge in [0, 0.05) is 6.04 Å². The molecule has 2 rings (SSSR count). The summed E-state index contributed by atoms with van der Waals surface area (Å²) in [7, 11) is 0. The number of rotatable bonds is 1. The fourth-order valence-electron chi connectivity index (χ4n) is 3.37. The van der Waals surface area contributed by atoms with E-state index in [9.17, 15) is 0 Å². The number of hydrogen-bond donors (Lipinski definition) is 1. The third-order valence-corrected chi connectivity index (χ3v) is 3.82. The van der Waals surface area contributed by atoms with Crippen molar-refractivity contribution in [3.8, 4) is 0 Å². The highest BCUT2D eigenvalue weighted by molar-refractivity contribution is 4.99. The van der Waals surface area contributed by atoms with Crippen LogP contribution in [-0.4, -0.2) is 6.04 Å². The Kier molecular flexibility index (Phi) is 1.71. The predicted molar refractivity (Wildman–Crippen MR) is 47.1 cm³/mol. The zero-order valence-corrected chi connectivity index (χ0v) is 7.59. The summed E-state index contributed by atoms with van der Waals surface area (Å²) < 4.78 is 0. The van der Waals surface area contributed by atoms with E-state index >= 15 is 0 Å². The quantitative estimate of drug-likeness (QED) is 0.612. The average molecular weight is 153 g/mol. The SMILES string of the molecule is CC(C)[C@H]1[C@@H]2CC[C@@H](C2)[C@@H]1N. The molecule has 0 amide bonds. The normalized spacial score (nSPS) is 49.1. The van der Waals surface area contributed by atoms with Crippen LogP contribution in [0.4, 0.5) is 0 Å². The first-order valence-electron chi connectivity index (χ1n) is 4.95. The van der Waals surface area contributed by atoms with Crippen LogP contribution in [0.2, 0.25) is 0 Å². The molecule has 0 saturated heterocycles. The van der Waals surface area contributed by atoms with Gasteiger partial charge in [-0.05, 0) is 42.9 Å². The van der Waals surface area contributed by atoms with Gasteiger partial charge in [0.25, 0.3) is 0 Å². The highest BCUT2D eigenvalue weighted by Gasteiger charge is 2.46. The molecule has 64 valence electrons. The molecule has 0 aromatic carbocycles. The molecule has 0 unspecified atom stereocenters. The van der Waals surface area contributed by atoms with Gasteiger partial charge in [-0.3, -0.25) is 0 Å². The Hall–Kier alpha value is -0.0400. The van der Waals surface area contributed by atoms with Gasteiger partial charge in [0.15, 0.2) is 0 Å². The monoisotopic (exact) mass is 153 g/mol. The van der Waals surface area contributed by atoms with Crippen LogP contribution < -0.4 is 5.73 Å². The van der Waals surface area contributed by atoms with Crippen molar-refractivity contribution in [1.82, 2.24) is 0 Å². The topological polar surface area (TPSA) is 26.0 Å². The first kappa shape index (κ1) is 7.60. The van der Waals surface area contributed by atoms with E-state index in [-0.39, 0.29) is 0 Å². The van der Waals surface area contributed by atoms with Gasteiger partial charge in [0.2, 0.25) is 0 Å². The Morgan fingerprint density at radius 2 is 1.82 bits per heavy atom. The third kappa shape index (κ3) is 1.01. The van der Waals surface area contributed by atoms with E-state index in [4.69, 9.17) is 5.73 Å². The maximum absolute atomic E-state index is 6.17. The number of nitrogens with two attached hydrogens (primary N) is 1. The lowest BCUT2D eigenvalue weighted by atomic mass is 9.78. The maximum atomic E-state index is 6.17. The molecule has 0 radical (unpaired) electrons. The minimum absolute atomic E-state index is 0.536. The summed E-state index contributed by atoms with van der Waals surface area (Å²) in [4.78, 5) is 0. The molecule has 2 fully saturated rings. The number of hydrogen-bond acceptors (Lipinski definition) is 1. The van der Waals surface area contributed by atoms with Crippen molar-refractivity contribution in [3.63, 3.8) is 0 Å². The second kappa shape index (κ2) is 2.48. The van der Waals surface area contributed by atoms with E-state index in [1.807, 2.05) is 0 Å². The van der Waals surface area contributed by atoms with Crippen LogP contribution in [0.25, 0.3) is 0 Å². The van der Waals surface area contributed by atoms with Gasteiger partial charge in [-0.1, -0.05) is 13.8 Å². The highest BCUT2D eigenvalue weighted by Crippen LogP contribution is 2.50. The summed E-state index contributed by atoms with van der Waals surface area (Å²) >= 11 is 0. The Labute approximate surface area is 69.4 Å². The molecule has 4 atom stereocenters. The Balaban J connectivity index is 2.11. The summed E-state index contributed by atoms with van der Waals surface area (Å²) in [6, 6.07) is 0.536. The van der Waals surface area contributed by atoms with Crippen molar-refractivity contribution in [2.75, 3.05) is 0 Å². The summed E-state index contributed by atoms with van der Waals surface area (Å²) in [6.07, 6.45) is 4.31. The van der Waals surface area contributed by atoms with Gasteiger partial charge < -0.3 is 5.73 Å². The van der Waals surface area contributed by atoms with Crippen LogP contribution in [0.15, 0.2) is 0 Å². The van der Waals surface area contributed by atoms with Gasteiger partial charge in [0.1, 0.15) is 0 Å².